The SMILES string of the molecule is CC(C)COc1ncccc1C(=O)NC(C)C(C)CO. The van der Waals surface area contributed by atoms with Gasteiger partial charge in [-0.15, -0.1) is 0 Å². The van der Waals surface area contributed by atoms with Gasteiger partial charge in [0.1, 0.15) is 5.56 Å². The Balaban J connectivity index is 2.77. The quantitative estimate of drug-likeness (QED) is 0.799. The summed E-state index contributed by atoms with van der Waals surface area (Å²) in [7, 11) is 0. The summed E-state index contributed by atoms with van der Waals surface area (Å²) < 4.78 is 5.57. The normalized spacial score (nSPS) is 13.9. The number of nitrogens with one attached hydrogen (secondary N) is 1. The molecule has 112 valence electrons. The van der Waals surface area contributed by atoms with Gasteiger partial charge in [0.15, 0.2) is 0 Å². The number of amides is 1. The van der Waals surface area contributed by atoms with Crippen molar-refractivity contribution in [2.45, 2.75) is 33.7 Å². The van der Waals surface area contributed by atoms with Gasteiger partial charge in [0, 0.05) is 18.8 Å². The maximum absolute atomic E-state index is 12.2. The largest absolute Gasteiger partial charge is 0.477 e. The topological polar surface area (TPSA) is 71.5 Å². The zero-order valence-electron chi connectivity index (χ0n) is 12.6. The zero-order chi connectivity index (χ0) is 15.1. The van der Waals surface area contributed by atoms with Crippen LogP contribution in [-0.2, 0) is 0 Å². The molecule has 0 aliphatic carbocycles. The van der Waals surface area contributed by atoms with Crippen molar-refractivity contribution in [3.8, 4) is 5.88 Å². The predicted molar refractivity (Wildman–Crippen MR) is 77.7 cm³/mol. The van der Waals surface area contributed by atoms with Crippen molar-refractivity contribution in [3.63, 3.8) is 0 Å². The van der Waals surface area contributed by atoms with E-state index in [1.807, 2.05) is 27.7 Å². The summed E-state index contributed by atoms with van der Waals surface area (Å²) >= 11 is 0. The summed E-state index contributed by atoms with van der Waals surface area (Å²) in [6.07, 6.45) is 1.60. The van der Waals surface area contributed by atoms with Crippen molar-refractivity contribution in [1.29, 1.82) is 0 Å². The lowest BCUT2D eigenvalue weighted by atomic mass is 10.0. The average Bonchev–Trinajstić information content (AvgIpc) is 2.44. The molecule has 0 fully saturated rings. The van der Waals surface area contributed by atoms with Crippen molar-refractivity contribution in [2.75, 3.05) is 13.2 Å². The lowest BCUT2D eigenvalue weighted by molar-refractivity contribution is 0.0910. The lowest BCUT2D eigenvalue weighted by Crippen LogP contribution is -2.38. The van der Waals surface area contributed by atoms with Crippen LogP contribution in [0.1, 0.15) is 38.1 Å². The molecule has 0 bridgehead atoms. The molecule has 2 atom stereocenters. The van der Waals surface area contributed by atoms with Gasteiger partial charge in [-0.3, -0.25) is 4.79 Å². The molecule has 0 aliphatic rings. The molecule has 20 heavy (non-hydrogen) atoms. The van der Waals surface area contributed by atoms with Crippen LogP contribution in [0.2, 0.25) is 0 Å². The first kappa shape index (κ1) is 16.4. The van der Waals surface area contributed by atoms with Gasteiger partial charge in [-0.05, 0) is 30.9 Å². The van der Waals surface area contributed by atoms with Gasteiger partial charge in [-0.1, -0.05) is 20.8 Å². The van der Waals surface area contributed by atoms with Crippen molar-refractivity contribution >= 4 is 5.91 Å². The standard InChI is InChI=1S/C15H24N2O3/c1-10(2)9-20-15-13(6-5-7-16-15)14(19)17-12(4)11(3)8-18/h5-7,10-12,18H,8-9H2,1-4H3,(H,17,19). The molecule has 2 unspecified atom stereocenters. The van der Waals surface area contributed by atoms with E-state index in [0.717, 1.165) is 0 Å². The molecule has 1 heterocycles. The summed E-state index contributed by atoms with van der Waals surface area (Å²) in [6.45, 7) is 8.36. The minimum Gasteiger partial charge on any atom is -0.477 e. The van der Waals surface area contributed by atoms with Crippen LogP contribution >= 0.6 is 0 Å². The van der Waals surface area contributed by atoms with Crippen molar-refractivity contribution < 1.29 is 14.6 Å². The number of ether oxygens (including phenoxy) is 1. The Bertz CT molecular complexity index is 435. The predicted octanol–water partition coefficient (Wildman–Crippen LogP) is 1.86. The minimum atomic E-state index is -0.232. The van der Waals surface area contributed by atoms with E-state index in [9.17, 15) is 4.79 Å². The van der Waals surface area contributed by atoms with Crippen molar-refractivity contribution in [3.05, 3.63) is 23.9 Å². The monoisotopic (exact) mass is 280 g/mol. The van der Waals surface area contributed by atoms with Gasteiger partial charge in [0.2, 0.25) is 5.88 Å². The first-order valence-electron chi connectivity index (χ1n) is 6.95. The summed E-state index contributed by atoms with van der Waals surface area (Å²) in [5.74, 6) is 0.476. The Kier molecular flexibility index (Phi) is 6.45. The Hall–Kier alpha value is -1.62. The maximum Gasteiger partial charge on any atom is 0.256 e. The molecule has 0 saturated heterocycles. The van der Waals surface area contributed by atoms with Gasteiger partial charge < -0.3 is 15.2 Å². The molecule has 5 nitrogen and oxygen atoms in total. The van der Waals surface area contributed by atoms with Crippen LogP contribution in [0.3, 0.4) is 0 Å². The van der Waals surface area contributed by atoms with E-state index in [-0.39, 0.29) is 24.5 Å². The molecule has 0 aliphatic heterocycles. The second-order valence-corrected chi connectivity index (χ2v) is 5.48. The fraction of sp³-hybridized carbons (Fsp3) is 0.600. The smallest absolute Gasteiger partial charge is 0.256 e. The molecule has 0 saturated carbocycles. The number of pyridine rings is 1. The summed E-state index contributed by atoms with van der Waals surface area (Å²) in [4.78, 5) is 16.3. The third kappa shape index (κ3) is 4.81. The highest BCUT2D eigenvalue weighted by atomic mass is 16.5. The molecule has 1 aromatic heterocycles. The van der Waals surface area contributed by atoms with Crippen LogP contribution in [0.5, 0.6) is 5.88 Å². The second-order valence-electron chi connectivity index (χ2n) is 5.48. The second kappa shape index (κ2) is 7.85. The zero-order valence-corrected chi connectivity index (χ0v) is 12.6. The highest BCUT2D eigenvalue weighted by Crippen LogP contribution is 2.16. The average molecular weight is 280 g/mol. The lowest BCUT2D eigenvalue weighted by Gasteiger charge is -2.20. The number of aromatic nitrogens is 1. The van der Waals surface area contributed by atoms with Crippen LogP contribution < -0.4 is 10.1 Å². The van der Waals surface area contributed by atoms with Gasteiger partial charge in [0.25, 0.3) is 5.91 Å². The molecule has 2 N–H and O–H groups in total. The van der Waals surface area contributed by atoms with Crippen molar-refractivity contribution in [1.82, 2.24) is 10.3 Å². The summed E-state index contributed by atoms with van der Waals surface area (Å²) in [5.41, 5.74) is 0.421. The number of hydrogen-bond acceptors (Lipinski definition) is 4. The maximum atomic E-state index is 12.2. The molecule has 0 radical (unpaired) electrons. The number of aliphatic hydroxyl groups is 1. The van der Waals surface area contributed by atoms with E-state index in [0.29, 0.717) is 24.0 Å². The minimum absolute atomic E-state index is 0.00402. The highest BCUT2D eigenvalue weighted by Gasteiger charge is 2.18. The molecular formula is C15H24N2O3. The number of carbonyl (C=O) groups is 1. The van der Waals surface area contributed by atoms with E-state index in [1.165, 1.54) is 0 Å². The fourth-order valence-electron chi connectivity index (χ4n) is 1.51. The molecule has 0 spiro atoms. The Morgan fingerprint density at radius 3 is 2.70 bits per heavy atom. The Labute approximate surface area is 120 Å². The van der Waals surface area contributed by atoms with Gasteiger partial charge in [0.05, 0.1) is 6.61 Å². The van der Waals surface area contributed by atoms with Gasteiger partial charge in [-0.25, -0.2) is 4.98 Å². The van der Waals surface area contributed by atoms with Crippen molar-refractivity contribution in [2.24, 2.45) is 11.8 Å². The van der Waals surface area contributed by atoms with E-state index in [2.05, 4.69) is 10.3 Å². The molecular weight excluding hydrogens is 256 g/mol. The van der Waals surface area contributed by atoms with Crippen LogP contribution in [0.15, 0.2) is 18.3 Å². The molecule has 1 amide bonds. The number of nitrogens with zero attached hydrogens (tertiary/aromatic N) is 1. The van der Waals surface area contributed by atoms with Gasteiger partial charge in [-0.2, -0.15) is 0 Å². The summed E-state index contributed by atoms with van der Waals surface area (Å²) in [6, 6.07) is 3.27. The van der Waals surface area contributed by atoms with Crippen LogP contribution in [-0.4, -0.2) is 35.3 Å². The molecule has 1 rings (SSSR count). The fourth-order valence-corrected chi connectivity index (χ4v) is 1.51. The number of carbonyl (C=O) groups excluding carboxylic acids is 1. The van der Waals surface area contributed by atoms with E-state index < -0.39 is 0 Å². The third-order valence-electron chi connectivity index (χ3n) is 3.07. The molecule has 5 heteroatoms. The van der Waals surface area contributed by atoms with Crippen LogP contribution in [0.4, 0.5) is 0 Å². The summed E-state index contributed by atoms with van der Waals surface area (Å²) in [5, 5.41) is 12.0. The Morgan fingerprint density at radius 1 is 1.40 bits per heavy atom. The van der Waals surface area contributed by atoms with Crippen LogP contribution in [0, 0.1) is 11.8 Å². The number of hydrogen-bond donors (Lipinski definition) is 2. The van der Waals surface area contributed by atoms with E-state index >= 15 is 0 Å². The molecule has 0 aromatic carbocycles. The third-order valence-corrected chi connectivity index (χ3v) is 3.07. The number of rotatable bonds is 7. The van der Waals surface area contributed by atoms with E-state index in [4.69, 9.17) is 9.84 Å². The van der Waals surface area contributed by atoms with Crippen LogP contribution in [0.25, 0.3) is 0 Å². The van der Waals surface area contributed by atoms with Gasteiger partial charge >= 0.3 is 0 Å². The first-order chi connectivity index (χ1) is 9.45. The highest BCUT2D eigenvalue weighted by molar-refractivity contribution is 5.96. The first-order valence-corrected chi connectivity index (χ1v) is 6.95. The number of aliphatic hydroxyl groups excluding tert-OH is 1. The Morgan fingerprint density at radius 2 is 2.10 bits per heavy atom. The van der Waals surface area contributed by atoms with E-state index in [1.54, 1.807) is 18.3 Å². The molecule has 1 aromatic rings.